The molecule has 0 amide bonds. The number of carboxylic acids is 1. The average molecular weight is 377 g/mol. The Balaban J connectivity index is 1.77. The molecule has 0 saturated carbocycles. The predicted octanol–water partition coefficient (Wildman–Crippen LogP) is 2.73. The molecule has 0 aliphatic carbocycles. The van der Waals surface area contributed by atoms with E-state index in [9.17, 15) is 18.3 Å². The number of rotatable bonds is 6. The maximum Gasteiger partial charge on any atom is 0.322 e. The molecule has 1 unspecified atom stereocenters. The Morgan fingerprint density at radius 3 is 2.12 bits per heavy atom. The van der Waals surface area contributed by atoms with Crippen LogP contribution in [0.2, 0.25) is 0 Å². The van der Waals surface area contributed by atoms with Crippen molar-refractivity contribution >= 4 is 16.0 Å². The van der Waals surface area contributed by atoms with E-state index >= 15 is 0 Å². The van der Waals surface area contributed by atoms with Gasteiger partial charge in [0.2, 0.25) is 10.0 Å². The molecule has 2 aromatic rings. The summed E-state index contributed by atoms with van der Waals surface area (Å²) >= 11 is 0. The Morgan fingerprint density at radius 2 is 1.58 bits per heavy atom. The molecule has 1 fully saturated rings. The SMILES string of the molecule is COc1ccc(Oc2ccc(S(=O)(=O)N3CCCC3C(=O)O)cc2)cc1. The summed E-state index contributed by atoms with van der Waals surface area (Å²) in [6.45, 7) is 0.212. The largest absolute Gasteiger partial charge is 0.497 e. The first-order valence-electron chi connectivity index (χ1n) is 8.08. The fourth-order valence-electron chi connectivity index (χ4n) is 2.87. The monoisotopic (exact) mass is 377 g/mol. The number of carboxylic acid groups (broad SMARTS) is 1. The Hall–Kier alpha value is -2.58. The van der Waals surface area contributed by atoms with Crippen molar-refractivity contribution < 1.29 is 27.8 Å². The van der Waals surface area contributed by atoms with E-state index in [0.29, 0.717) is 30.1 Å². The third-order valence-electron chi connectivity index (χ3n) is 4.21. The lowest BCUT2D eigenvalue weighted by Gasteiger charge is -2.21. The Bertz CT molecular complexity index is 877. The lowest BCUT2D eigenvalue weighted by Crippen LogP contribution is -2.40. The molecule has 1 atom stereocenters. The number of methoxy groups -OCH3 is 1. The summed E-state index contributed by atoms with van der Waals surface area (Å²) in [5, 5.41) is 9.20. The molecule has 0 aromatic heterocycles. The second-order valence-corrected chi connectivity index (χ2v) is 7.75. The highest BCUT2D eigenvalue weighted by Gasteiger charge is 2.39. The van der Waals surface area contributed by atoms with Crippen LogP contribution in [0.5, 0.6) is 17.2 Å². The van der Waals surface area contributed by atoms with E-state index in [1.165, 1.54) is 12.1 Å². The summed E-state index contributed by atoms with van der Waals surface area (Å²) in [4.78, 5) is 11.3. The van der Waals surface area contributed by atoms with Gasteiger partial charge in [-0.1, -0.05) is 0 Å². The normalized spacial score (nSPS) is 17.8. The van der Waals surface area contributed by atoms with Crippen molar-refractivity contribution in [2.24, 2.45) is 0 Å². The summed E-state index contributed by atoms with van der Waals surface area (Å²) in [7, 11) is -2.28. The fourth-order valence-corrected chi connectivity index (χ4v) is 4.52. The van der Waals surface area contributed by atoms with Gasteiger partial charge in [0, 0.05) is 6.54 Å². The van der Waals surface area contributed by atoms with E-state index in [1.807, 2.05) is 0 Å². The molecule has 7 nitrogen and oxygen atoms in total. The standard InChI is InChI=1S/C18H19NO6S/c1-24-13-4-6-14(7-5-13)25-15-8-10-16(11-9-15)26(22,23)19-12-2-3-17(19)18(20)21/h4-11,17H,2-3,12H2,1H3,(H,20,21). The predicted molar refractivity (Wildman–Crippen MR) is 94.1 cm³/mol. The number of hydrogen-bond acceptors (Lipinski definition) is 5. The number of aliphatic carboxylic acids is 1. The lowest BCUT2D eigenvalue weighted by molar-refractivity contribution is -0.140. The van der Waals surface area contributed by atoms with Gasteiger partial charge in [0.1, 0.15) is 23.3 Å². The van der Waals surface area contributed by atoms with Crippen LogP contribution >= 0.6 is 0 Å². The zero-order valence-corrected chi connectivity index (χ0v) is 15.0. The Kier molecular flexibility index (Phi) is 5.15. The van der Waals surface area contributed by atoms with Gasteiger partial charge >= 0.3 is 5.97 Å². The van der Waals surface area contributed by atoms with E-state index in [-0.39, 0.29) is 11.4 Å². The van der Waals surface area contributed by atoms with Gasteiger partial charge in [-0.15, -0.1) is 0 Å². The Morgan fingerprint density at radius 1 is 1.04 bits per heavy atom. The minimum atomic E-state index is -3.85. The maximum atomic E-state index is 12.7. The summed E-state index contributed by atoms with van der Waals surface area (Å²) < 4.78 is 37.2. The third kappa shape index (κ3) is 3.66. The van der Waals surface area contributed by atoms with Gasteiger partial charge in [-0.3, -0.25) is 4.79 Å². The van der Waals surface area contributed by atoms with Crippen molar-refractivity contribution in [1.82, 2.24) is 4.31 Å². The van der Waals surface area contributed by atoms with Crippen LogP contribution in [-0.4, -0.2) is 43.5 Å². The molecule has 0 bridgehead atoms. The van der Waals surface area contributed by atoms with Crippen molar-refractivity contribution in [2.45, 2.75) is 23.8 Å². The van der Waals surface area contributed by atoms with E-state index in [2.05, 4.69) is 0 Å². The van der Waals surface area contributed by atoms with Crippen LogP contribution in [0, 0.1) is 0 Å². The summed E-state index contributed by atoms with van der Waals surface area (Å²) in [6.07, 6.45) is 0.863. The van der Waals surface area contributed by atoms with Crippen molar-refractivity contribution in [1.29, 1.82) is 0 Å². The number of nitrogens with zero attached hydrogens (tertiary/aromatic N) is 1. The summed E-state index contributed by atoms with van der Waals surface area (Å²) in [6, 6.07) is 11.9. The van der Waals surface area contributed by atoms with Gasteiger partial charge in [0.25, 0.3) is 0 Å². The zero-order chi connectivity index (χ0) is 18.7. The van der Waals surface area contributed by atoms with Crippen LogP contribution in [0.4, 0.5) is 0 Å². The molecule has 26 heavy (non-hydrogen) atoms. The van der Waals surface area contributed by atoms with Gasteiger partial charge in [-0.2, -0.15) is 4.31 Å². The van der Waals surface area contributed by atoms with Gasteiger partial charge in [0.05, 0.1) is 12.0 Å². The first-order valence-corrected chi connectivity index (χ1v) is 9.52. The minimum Gasteiger partial charge on any atom is -0.497 e. The minimum absolute atomic E-state index is 0.0488. The number of hydrogen-bond donors (Lipinski definition) is 1. The molecule has 2 aromatic carbocycles. The molecule has 0 spiro atoms. The molecule has 1 heterocycles. The maximum absolute atomic E-state index is 12.7. The van der Waals surface area contributed by atoms with E-state index in [1.54, 1.807) is 43.5 Å². The van der Waals surface area contributed by atoms with Crippen molar-refractivity contribution in [3.63, 3.8) is 0 Å². The molecule has 3 rings (SSSR count). The topological polar surface area (TPSA) is 93.1 Å². The van der Waals surface area contributed by atoms with Crippen molar-refractivity contribution in [2.75, 3.05) is 13.7 Å². The second kappa shape index (κ2) is 7.35. The van der Waals surface area contributed by atoms with Crippen LogP contribution in [0.1, 0.15) is 12.8 Å². The highest BCUT2D eigenvalue weighted by Crippen LogP contribution is 2.29. The highest BCUT2D eigenvalue weighted by molar-refractivity contribution is 7.89. The van der Waals surface area contributed by atoms with Crippen LogP contribution in [0.25, 0.3) is 0 Å². The van der Waals surface area contributed by atoms with Crippen LogP contribution in [0.3, 0.4) is 0 Å². The Labute approximate surface area is 151 Å². The first kappa shape index (κ1) is 18.2. The van der Waals surface area contributed by atoms with E-state index in [4.69, 9.17) is 9.47 Å². The molecular formula is C18H19NO6S. The lowest BCUT2D eigenvalue weighted by atomic mass is 10.2. The first-order chi connectivity index (χ1) is 12.4. The average Bonchev–Trinajstić information content (AvgIpc) is 3.14. The molecule has 138 valence electrons. The number of sulfonamides is 1. The summed E-state index contributed by atoms with van der Waals surface area (Å²) in [5.41, 5.74) is 0. The van der Waals surface area contributed by atoms with E-state index < -0.39 is 22.0 Å². The smallest absolute Gasteiger partial charge is 0.322 e. The summed E-state index contributed by atoms with van der Waals surface area (Å²) in [5.74, 6) is 0.653. The van der Waals surface area contributed by atoms with Crippen molar-refractivity contribution in [3.05, 3.63) is 48.5 Å². The van der Waals surface area contributed by atoms with Gasteiger partial charge < -0.3 is 14.6 Å². The molecule has 0 radical (unpaired) electrons. The highest BCUT2D eigenvalue weighted by atomic mass is 32.2. The van der Waals surface area contributed by atoms with Gasteiger partial charge in [0.15, 0.2) is 0 Å². The van der Waals surface area contributed by atoms with Crippen LogP contribution in [0.15, 0.2) is 53.4 Å². The van der Waals surface area contributed by atoms with Crippen LogP contribution in [-0.2, 0) is 14.8 Å². The van der Waals surface area contributed by atoms with Crippen LogP contribution < -0.4 is 9.47 Å². The number of benzene rings is 2. The van der Waals surface area contributed by atoms with Crippen molar-refractivity contribution in [3.8, 4) is 17.2 Å². The second-order valence-electron chi connectivity index (χ2n) is 5.86. The van der Waals surface area contributed by atoms with E-state index in [0.717, 1.165) is 4.31 Å². The zero-order valence-electron chi connectivity index (χ0n) is 14.2. The third-order valence-corrected chi connectivity index (χ3v) is 6.14. The molecule has 8 heteroatoms. The molecule has 1 aliphatic rings. The fraction of sp³-hybridized carbons (Fsp3) is 0.278. The quantitative estimate of drug-likeness (QED) is 0.832. The molecular weight excluding hydrogens is 358 g/mol. The molecule has 1 saturated heterocycles. The number of carbonyl (C=O) groups is 1. The molecule has 1 N–H and O–H groups in total. The van der Waals surface area contributed by atoms with Gasteiger partial charge in [-0.25, -0.2) is 8.42 Å². The number of ether oxygens (including phenoxy) is 2. The molecule has 1 aliphatic heterocycles. The van der Waals surface area contributed by atoms with Gasteiger partial charge in [-0.05, 0) is 61.4 Å².